The van der Waals surface area contributed by atoms with E-state index in [9.17, 15) is 9.90 Å². The standard InChI is InChI=1S/C10H13N3O4/c1-5-8(15)6(4-14)17-9(5)13-3-2-7(11)12-10(13)16/h2-3,6,8-9,14-15H,1,4H2,(H2,11,12,16)/t6-,8-,9?/m1/s1. The van der Waals surface area contributed by atoms with E-state index < -0.39 is 24.1 Å². The molecule has 1 aliphatic rings. The van der Waals surface area contributed by atoms with Gasteiger partial charge in [0.2, 0.25) is 0 Å². The Morgan fingerprint density at radius 2 is 2.35 bits per heavy atom. The first-order valence-corrected chi connectivity index (χ1v) is 5.02. The summed E-state index contributed by atoms with van der Waals surface area (Å²) in [6, 6.07) is 1.44. The smallest absolute Gasteiger partial charge is 0.351 e. The normalized spacial score (nSPS) is 28.6. The van der Waals surface area contributed by atoms with E-state index in [1.807, 2.05) is 0 Å². The van der Waals surface area contributed by atoms with E-state index in [2.05, 4.69) is 11.6 Å². The van der Waals surface area contributed by atoms with E-state index in [1.54, 1.807) is 0 Å². The second-order valence-corrected chi connectivity index (χ2v) is 3.77. The monoisotopic (exact) mass is 239 g/mol. The molecule has 2 rings (SSSR count). The van der Waals surface area contributed by atoms with Crippen LogP contribution in [0, 0.1) is 0 Å². The molecule has 0 aromatic carbocycles. The van der Waals surface area contributed by atoms with Gasteiger partial charge in [0, 0.05) is 11.8 Å². The van der Waals surface area contributed by atoms with Gasteiger partial charge in [-0.15, -0.1) is 0 Å². The molecule has 1 unspecified atom stereocenters. The van der Waals surface area contributed by atoms with Crippen molar-refractivity contribution in [3.05, 3.63) is 34.9 Å². The van der Waals surface area contributed by atoms with Gasteiger partial charge in [-0.1, -0.05) is 6.58 Å². The van der Waals surface area contributed by atoms with Gasteiger partial charge < -0.3 is 20.7 Å². The van der Waals surface area contributed by atoms with Crippen LogP contribution >= 0.6 is 0 Å². The molecule has 0 amide bonds. The number of aliphatic hydroxyl groups is 2. The van der Waals surface area contributed by atoms with Gasteiger partial charge in [0.15, 0.2) is 6.23 Å². The summed E-state index contributed by atoms with van der Waals surface area (Å²) >= 11 is 0. The highest BCUT2D eigenvalue weighted by Gasteiger charge is 2.38. The molecule has 1 fully saturated rings. The van der Waals surface area contributed by atoms with Gasteiger partial charge in [-0.3, -0.25) is 4.57 Å². The second kappa shape index (κ2) is 4.28. The molecule has 1 aromatic heterocycles. The van der Waals surface area contributed by atoms with E-state index >= 15 is 0 Å². The summed E-state index contributed by atoms with van der Waals surface area (Å²) in [5, 5.41) is 18.7. The Morgan fingerprint density at radius 1 is 1.65 bits per heavy atom. The molecule has 0 aliphatic carbocycles. The van der Waals surface area contributed by atoms with Crippen molar-refractivity contribution in [2.24, 2.45) is 0 Å². The minimum Gasteiger partial charge on any atom is -0.394 e. The lowest BCUT2D eigenvalue weighted by Gasteiger charge is -2.14. The van der Waals surface area contributed by atoms with Gasteiger partial charge in [-0.2, -0.15) is 4.98 Å². The molecule has 92 valence electrons. The number of aromatic nitrogens is 2. The Hall–Kier alpha value is -1.70. The predicted octanol–water partition coefficient (Wildman–Crippen LogP) is -1.37. The lowest BCUT2D eigenvalue weighted by molar-refractivity contribution is -0.0447. The fraction of sp³-hybridized carbons (Fsp3) is 0.400. The third kappa shape index (κ3) is 1.95. The third-order valence-electron chi connectivity index (χ3n) is 2.64. The average Bonchev–Trinajstić information content (AvgIpc) is 2.57. The molecular weight excluding hydrogens is 226 g/mol. The minimum absolute atomic E-state index is 0.106. The molecule has 7 nitrogen and oxygen atoms in total. The maximum atomic E-state index is 11.6. The van der Waals surface area contributed by atoms with Crippen LogP contribution in [0.15, 0.2) is 29.2 Å². The molecule has 2 heterocycles. The van der Waals surface area contributed by atoms with Crippen LogP contribution in [0.1, 0.15) is 6.23 Å². The van der Waals surface area contributed by atoms with E-state index in [-0.39, 0.29) is 12.4 Å². The first-order chi connectivity index (χ1) is 8.04. The summed E-state index contributed by atoms with van der Waals surface area (Å²) in [6.45, 7) is 3.30. The number of anilines is 1. The molecule has 0 radical (unpaired) electrons. The maximum Gasteiger partial charge on any atom is 0.351 e. The number of hydrogen-bond donors (Lipinski definition) is 3. The highest BCUT2D eigenvalue weighted by atomic mass is 16.5. The lowest BCUT2D eigenvalue weighted by Crippen LogP contribution is -2.28. The van der Waals surface area contributed by atoms with Crippen LogP contribution in [0.2, 0.25) is 0 Å². The highest BCUT2D eigenvalue weighted by Crippen LogP contribution is 2.31. The van der Waals surface area contributed by atoms with Crippen LogP contribution in [-0.4, -0.2) is 38.6 Å². The van der Waals surface area contributed by atoms with Crippen molar-refractivity contribution in [1.82, 2.24) is 9.55 Å². The number of nitrogens with two attached hydrogens (primary N) is 1. The van der Waals surface area contributed by atoms with E-state index in [0.717, 1.165) is 4.57 Å². The third-order valence-corrected chi connectivity index (χ3v) is 2.64. The molecule has 0 bridgehead atoms. The Morgan fingerprint density at radius 3 is 2.88 bits per heavy atom. The minimum atomic E-state index is -1.01. The topological polar surface area (TPSA) is 111 Å². The van der Waals surface area contributed by atoms with Gasteiger partial charge in [-0.05, 0) is 6.07 Å². The van der Waals surface area contributed by atoms with Crippen molar-refractivity contribution in [3.8, 4) is 0 Å². The summed E-state index contributed by atoms with van der Waals surface area (Å²) in [5.74, 6) is 0.106. The zero-order valence-corrected chi connectivity index (χ0v) is 8.98. The molecule has 1 saturated heterocycles. The van der Waals surface area contributed by atoms with Crippen molar-refractivity contribution >= 4 is 5.82 Å². The molecule has 1 aromatic rings. The van der Waals surface area contributed by atoms with Crippen molar-refractivity contribution in [2.45, 2.75) is 18.4 Å². The first-order valence-electron chi connectivity index (χ1n) is 5.02. The molecule has 17 heavy (non-hydrogen) atoms. The van der Waals surface area contributed by atoms with Crippen molar-refractivity contribution < 1.29 is 14.9 Å². The van der Waals surface area contributed by atoms with Crippen molar-refractivity contribution in [2.75, 3.05) is 12.3 Å². The Balaban J connectivity index is 2.35. The number of nitrogens with zero attached hydrogens (tertiary/aromatic N) is 2. The molecule has 3 atom stereocenters. The number of ether oxygens (including phenoxy) is 1. The SMILES string of the molecule is C=C1C(n2ccc(N)nc2=O)O[C@H](CO)[C@@H]1O. The largest absolute Gasteiger partial charge is 0.394 e. The molecule has 7 heteroatoms. The van der Waals surface area contributed by atoms with Crippen LogP contribution in [0.4, 0.5) is 5.82 Å². The van der Waals surface area contributed by atoms with Crippen molar-refractivity contribution in [3.63, 3.8) is 0 Å². The number of rotatable bonds is 2. The summed E-state index contributed by atoms with van der Waals surface area (Å²) in [6.07, 6.45) is -1.21. The van der Waals surface area contributed by atoms with Gasteiger partial charge in [0.1, 0.15) is 18.0 Å². The van der Waals surface area contributed by atoms with Crippen LogP contribution < -0.4 is 11.4 Å². The quantitative estimate of drug-likeness (QED) is 0.549. The zero-order valence-electron chi connectivity index (χ0n) is 8.98. The Bertz CT molecular complexity index is 499. The molecule has 0 spiro atoms. The molecule has 1 aliphatic heterocycles. The average molecular weight is 239 g/mol. The predicted molar refractivity (Wildman–Crippen MR) is 59.1 cm³/mol. The van der Waals surface area contributed by atoms with Gasteiger partial charge in [0.05, 0.1) is 6.61 Å². The summed E-state index contributed by atoms with van der Waals surface area (Å²) < 4.78 is 6.49. The van der Waals surface area contributed by atoms with E-state index in [0.29, 0.717) is 5.57 Å². The Kier molecular flexibility index (Phi) is 2.97. The first kappa shape index (κ1) is 11.8. The van der Waals surface area contributed by atoms with E-state index in [1.165, 1.54) is 12.3 Å². The fourth-order valence-corrected chi connectivity index (χ4v) is 1.70. The Labute approximate surface area is 96.8 Å². The highest BCUT2D eigenvalue weighted by molar-refractivity contribution is 5.24. The number of aliphatic hydroxyl groups excluding tert-OH is 2. The summed E-state index contributed by atoms with van der Waals surface area (Å²) in [5.41, 5.74) is 5.07. The van der Waals surface area contributed by atoms with Crippen LogP contribution in [0.5, 0.6) is 0 Å². The van der Waals surface area contributed by atoms with E-state index in [4.69, 9.17) is 15.6 Å². The number of hydrogen-bond acceptors (Lipinski definition) is 6. The van der Waals surface area contributed by atoms with Crippen molar-refractivity contribution in [1.29, 1.82) is 0 Å². The van der Waals surface area contributed by atoms with Crippen LogP contribution in [0.3, 0.4) is 0 Å². The van der Waals surface area contributed by atoms with Gasteiger partial charge >= 0.3 is 5.69 Å². The molecule has 0 saturated carbocycles. The summed E-state index contributed by atoms with van der Waals surface area (Å²) in [7, 11) is 0. The van der Waals surface area contributed by atoms with Crippen LogP contribution in [0.25, 0.3) is 0 Å². The van der Waals surface area contributed by atoms with Gasteiger partial charge in [0.25, 0.3) is 0 Å². The lowest BCUT2D eigenvalue weighted by atomic mass is 10.1. The van der Waals surface area contributed by atoms with Crippen LogP contribution in [-0.2, 0) is 4.74 Å². The molecular formula is C10H13N3O4. The fourth-order valence-electron chi connectivity index (χ4n) is 1.70. The zero-order chi connectivity index (χ0) is 12.6. The number of nitrogen functional groups attached to an aromatic ring is 1. The maximum absolute atomic E-state index is 11.6. The molecule has 4 N–H and O–H groups in total. The summed E-state index contributed by atoms with van der Waals surface area (Å²) in [4.78, 5) is 15.1. The second-order valence-electron chi connectivity index (χ2n) is 3.77. The van der Waals surface area contributed by atoms with Gasteiger partial charge in [-0.25, -0.2) is 4.79 Å².